The van der Waals surface area contributed by atoms with Crippen LogP contribution in [0.1, 0.15) is 32.7 Å². The Bertz CT molecular complexity index is 1130. The molecule has 10 heteroatoms. The molecular formula is C19H18N2O7S. The number of nitro groups is 1. The maximum absolute atomic E-state index is 13.1. The first kappa shape index (κ1) is 20.5. The second kappa shape index (κ2) is 7.63. The van der Waals surface area contributed by atoms with Crippen LogP contribution >= 0.6 is 0 Å². The van der Waals surface area contributed by atoms with E-state index in [-0.39, 0.29) is 16.0 Å². The predicted octanol–water partition coefficient (Wildman–Crippen LogP) is 2.38. The molecule has 0 atom stereocenters. The maximum atomic E-state index is 13.1. The van der Waals surface area contributed by atoms with Gasteiger partial charge in [-0.1, -0.05) is 0 Å². The number of carbonyl (C=O) groups is 2. The number of non-ortho nitro benzene ring substituents is 1. The first-order chi connectivity index (χ1) is 13.6. The first-order valence-corrected chi connectivity index (χ1v) is 10.5. The lowest BCUT2D eigenvalue weighted by Gasteiger charge is -2.30. The van der Waals surface area contributed by atoms with Gasteiger partial charge < -0.3 is 9.64 Å². The lowest BCUT2D eigenvalue weighted by atomic mass is 10.00. The summed E-state index contributed by atoms with van der Waals surface area (Å²) >= 11 is 0. The van der Waals surface area contributed by atoms with Crippen LogP contribution in [-0.4, -0.2) is 45.1 Å². The fourth-order valence-corrected chi connectivity index (χ4v) is 3.92. The van der Waals surface area contributed by atoms with Gasteiger partial charge in [0, 0.05) is 36.2 Å². The standard InChI is InChI=1S/C19H18N2O7S/c1-28-19(23)14-8-13(9-15(10-14)21(24)25)18(22)20-7-3-4-12-11-16(29(2,26)27)5-6-17(12)20/h5-6,8-11H,3-4,7H2,1-2H3. The molecule has 0 radical (unpaired) electrons. The first-order valence-electron chi connectivity index (χ1n) is 8.64. The Hall–Kier alpha value is -3.27. The van der Waals surface area contributed by atoms with Crippen molar-refractivity contribution < 1.29 is 27.7 Å². The number of nitrogens with zero attached hydrogens (tertiary/aromatic N) is 2. The molecule has 0 saturated carbocycles. The van der Waals surface area contributed by atoms with Crippen LogP contribution in [0.25, 0.3) is 0 Å². The molecule has 152 valence electrons. The van der Waals surface area contributed by atoms with Gasteiger partial charge in [-0.25, -0.2) is 13.2 Å². The maximum Gasteiger partial charge on any atom is 0.338 e. The van der Waals surface area contributed by atoms with Crippen molar-refractivity contribution in [1.29, 1.82) is 0 Å². The van der Waals surface area contributed by atoms with Gasteiger partial charge in [-0.15, -0.1) is 0 Å². The molecule has 2 aromatic rings. The number of amides is 1. The van der Waals surface area contributed by atoms with Crippen molar-refractivity contribution in [2.24, 2.45) is 0 Å². The number of sulfone groups is 1. The van der Waals surface area contributed by atoms with Gasteiger partial charge in [0.05, 0.1) is 22.5 Å². The van der Waals surface area contributed by atoms with Crippen LogP contribution < -0.4 is 4.90 Å². The molecule has 1 amide bonds. The normalized spacial score (nSPS) is 13.5. The Morgan fingerprint density at radius 3 is 2.45 bits per heavy atom. The number of ether oxygens (including phenoxy) is 1. The smallest absolute Gasteiger partial charge is 0.338 e. The Morgan fingerprint density at radius 1 is 1.14 bits per heavy atom. The van der Waals surface area contributed by atoms with Crippen molar-refractivity contribution in [3.8, 4) is 0 Å². The van der Waals surface area contributed by atoms with E-state index in [0.717, 1.165) is 25.5 Å². The molecule has 0 unspecified atom stereocenters. The quantitative estimate of drug-likeness (QED) is 0.424. The van der Waals surface area contributed by atoms with Gasteiger partial charge in [-0.3, -0.25) is 14.9 Å². The number of fused-ring (bicyclic) bond motifs is 1. The van der Waals surface area contributed by atoms with E-state index in [1.54, 1.807) is 6.07 Å². The van der Waals surface area contributed by atoms with Crippen molar-refractivity contribution in [2.75, 3.05) is 24.8 Å². The van der Waals surface area contributed by atoms with Gasteiger partial charge in [0.15, 0.2) is 9.84 Å². The lowest BCUT2D eigenvalue weighted by Crippen LogP contribution is -2.35. The molecule has 0 N–H and O–H groups in total. The van der Waals surface area contributed by atoms with Gasteiger partial charge >= 0.3 is 5.97 Å². The molecule has 29 heavy (non-hydrogen) atoms. The van der Waals surface area contributed by atoms with E-state index < -0.39 is 32.3 Å². The number of benzene rings is 2. The zero-order valence-electron chi connectivity index (χ0n) is 15.7. The molecular weight excluding hydrogens is 400 g/mol. The fourth-order valence-electron chi connectivity index (χ4n) is 3.25. The number of aryl methyl sites for hydroxylation is 1. The minimum Gasteiger partial charge on any atom is -0.465 e. The molecule has 3 rings (SSSR count). The highest BCUT2D eigenvalue weighted by Gasteiger charge is 2.27. The van der Waals surface area contributed by atoms with Gasteiger partial charge in [0.2, 0.25) is 0 Å². The highest BCUT2D eigenvalue weighted by molar-refractivity contribution is 7.90. The molecule has 0 aliphatic carbocycles. The summed E-state index contributed by atoms with van der Waals surface area (Å²) in [5.41, 5.74) is 0.709. The van der Waals surface area contributed by atoms with E-state index in [9.17, 15) is 28.1 Å². The van der Waals surface area contributed by atoms with Gasteiger partial charge in [0.1, 0.15) is 0 Å². The van der Waals surface area contributed by atoms with Gasteiger partial charge in [0.25, 0.3) is 11.6 Å². The molecule has 0 fully saturated rings. The second-order valence-corrected chi connectivity index (χ2v) is 8.66. The summed E-state index contributed by atoms with van der Waals surface area (Å²) < 4.78 is 28.2. The third kappa shape index (κ3) is 4.11. The largest absolute Gasteiger partial charge is 0.465 e. The molecule has 0 saturated heterocycles. The molecule has 9 nitrogen and oxygen atoms in total. The highest BCUT2D eigenvalue weighted by atomic mass is 32.2. The number of hydrogen-bond donors (Lipinski definition) is 0. The van der Waals surface area contributed by atoms with E-state index in [0.29, 0.717) is 30.6 Å². The Morgan fingerprint density at radius 2 is 1.83 bits per heavy atom. The zero-order chi connectivity index (χ0) is 21.3. The average Bonchev–Trinajstić information content (AvgIpc) is 2.70. The summed E-state index contributed by atoms with van der Waals surface area (Å²) in [7, 11) is -2.25. The van der Waals surface area contributed by atoms with Gasteiger partial charge in [-0.2, -0.15) is 0 Å². The molecule has 1 aliphatic heterocycles. The minimum atomic E-state index is -3.39. The third-order valence-corrected chi connectivity index (χ3v) is 5.75. The van der Waals surface area contributed by atoms with Crippen molar-refractivity contribution >= 4 is 33.1 Å². The number of nitro benzene ring substituents is 1. The minimum absolute atomic E-state index is 0.0281. The average molecular weight is 418 g/mol. The Kier molecular flexibility index (Phi) is 5.38. The zero-order valence-corrected chi connectivity index (χ0v) is 16.6. The van der Waals surface area contributed by atoms with Gasteiger partial charge in [-0.05, 0) is 42.7 Å². The van der Waals surface area contributed by atoms with Crippen molar-refractivity contribution in [1.82, 2.24) is 0 Å². The van der Waals surface area contributed by atoms with Crippen LogP contribution in [0.5, 0.6) is 0 Å². The van der Waals surface area contributed by atoms with Crippen LogP contribution in [-0.2, 0) is 21.0 Å². The fraction of sp³-hybridized carbons (Fsp3) is 0.263. The Labute approximate surface area is 167 Å². The predicted molar refractivity (Wildman–Crippen MR) is 104 cm³/mol. The Balaban J connectivity index is 2.05. The van der Waals surface area contributed by atoms with Crippen LogP contribution in [0.2, 0.25) is 0 Å². The number of methoxy groups -OCH3 is 1. The monoisotopic (exact) mass is 418 g/mol. The molecule has 0 spiro atoms. The summed E-state index contributed by atoms with van der Waals surface area (Å²) in [5, 5.41) is 11.2. The SMILES string of the molecule is COC(=O)c1cc(C(=O)N2CCCc3cc(S(C)(=O)=O)ccc32)cc([N+](=O)[O-])c1. The number of hydrogen-bond acceptors (Lipinski definition) is 7. The number of rotatable bonds is 4. The molecule has 0 aromatic heterocycles. The van der Waals surface area contributed by atoms with E-state index in [1.165, 1.54) is 23.1 Å². The number of esters is 1. The van der Waals surface area contributed by atoms with E-state index in [2.05, 4.69) is 4.74 Å². The van der Waals surface area contributed by atoms with Crippen LogP contribution in [0.4, 0.5) is 11.4 Å². The van der Waals surface area contributed by atoms with Crippen LogP contribution in [0, 0.1) is 10.1 Å². The summed E-state index contributed by atoms with van der Waals surface area (Å²) in [5.74, 6) is -1.31. The summed E-state index contributed by atoms with van der Waals surface area (Å²) in [6.07, 6.45) is 2.31. The van der Waals surface area contributed by atoms with Crippen molar-refractivity contribution in [2.45, 2.75) is 17.7 Å². The molecule has 1 heterocycles. The second-order valence-electron chi connectivity index (χ2n) is 6.64. The van der Waals surface area contributed by atoms with Crippen LogP contribution in [0.15, 0.2) is 41.3 Å². The molecule has 2 aromatic carbocycles. The summed E-state index contributed by atoms with van der Waals surface area (Å²) in [6.45, 7) is 0.361. The van der Waals surface area contributed by atoms with Crippen molar-refractivity contribution in [3.05, 3.63) is 63.2 Å². The van der Waals surface area contributed by atoms with Crippen molar-refractivity contribution in [3.63, 3.8) is 0 Å². The number of anilines is 1. The lowest BCUT2D eigenvalue weighted by molar-refractivity contribution is -0.384. The van der Waals surface area contributed by atoms with E-state index >= 15 is 0 Å². The third-order valence-electron chi connectivity index (χ3n) is 4.64. The molecule has 1 aliphatic rings. The number of carbonyl (C=O) groups excluding carboxylic acids is 2. The topological polar surface area (TPSA) is 124 Å². The summed E-state index contributed by atoms with van der Waals surface area (Å²) in [6, 6.07) is 7.92. The van der Waals surface area contributed by atoms with Crippen LogP contribution in [0.3, 0.4) is 0 Å². The molecule has 0 bridgehead atoms. The highest BCUT2D eigenvalue weighted by Crippen LogP contribution is 2.31. The van der Waals surface area contributed by atoms with E-state index in [4.69, 9.17) is 0 Å². The summed E-state index contributed by atoms with van der Waals surface area (Å²) in [4.78, 5) is 37.1. The van der Waals surface area contributed by atoms with E-state index in [1.807, 2.05) is 0 Å².